The summed E-state index contributed by atoms with van der Waals surface area (Å²) in [6, 6.07) is 7.89. The summed E-state index contributed by atoms with van der Waals surface area (Å²) in [5.74, 6) is 1.61. The molecule has 1 saturated carbocycles. The number of hydrogen-bond acceptors (Lipinski definition) is 2. The number of alkyl halides is 1. The van der Waals surface area contributed by atoms with Crippen LogP contribution in [0.25, 0.3) is 11.0 Å². The molecule has 0 N–H and O–H groups in total. The third kappa shape index (κ3) is 2.33. The van der Waals surface area contributed by atoms with Gasteiger partial charge in [0, 0.05) is 18.8 Å². The van der Waals surface area contributed by atoms with Crippen LogP contribution in [0.15, 0.2) is 18.2 Å². The summed E-state index contributed by atoms with van der Waals surface area (Å²) < 4.78 is 2.26. The second kappa shape index (κ2) is 4.54. The Morgan fingerprint density at radius 1 is 1.47 bits per heavy atom. The standard InChI is InChI=1S/C15H16ClN3/c1-15(5-6-15)10-19-13-8-11(9-17)2-3-12(13)18-14(19)4-7-16/h2-3,8H,4-7,10H2,1H3. The molecule has 0 unspecified atom stereocenters. The van der Waals surface area contributed by atoms with Crippen molar-refractivity contribution < 1.29 is 0 Å². The van der Waals surface area contributed by atoms with Gasteiger partial charge in [-0.15, -0.1) is 11.6 Å². The van der Waals surface area contributed by atoms with E-state index in [0.717, 1.165) is 29.8 Å². The van der Waals surface area contributed by atoms with Crippen LogP contribution in [0.3, 0.4) is 0 Å². The fourth-order valence-corrected chi connectivity index (χ4v) is 2.62. The Morgan fingerprint density at radius 3 is 2.89 bits per heavy atom. The highest BCUT2D eigenvalue weighted by atomic mass is 35.5. The fraction of sp³-hybridized carbons (Fsp3) is 0.467. The first-order valence-electron chi connectivity index (χ1n) is 6.60. The van der Waals surface area contributed by atoms with Crippen LogP contribution >= 0.6 is 11.6 Å². The molecular weight excluding hydrogens is 258 g/mol. The first-order valence-corrected chi connectivity index (χ1v) is 7.14. The molecule has 0 atom stereocenters. The monoisotopic (exact) mass is 273 g/mol. The average molecular weight is 274 g/mol. The summed E-state index contributed by atoms with van der Waals surface area (Å²) in [5, 5.41) is 9.04. The van der Waals surface area contributed by atoms with E-state index in [0.29, 0.717) is 16.9 Å². The van der Waals surface area contributed by atoms with Gasteiger partial charge in [0.2, 0.25) is 0 Å². The van der Waals surface area contributed by atoms with Crippen LogP contribution in [-0.2, 0) is 13.0 Å². The molecule has 1 aromatic heterocycles. The van der Waals surface area contributed by atoms with Crippen LogP contribution < -0.4 is 0 Å². The number of fused-ring (bicyclic) bond motifs is 1. The summed E-state index contributed by atoms with van der Waals surface area (Å²) in [6.07, 6.45) is 3.31. The number of nitriles is 1. The van der Waals surface area contributed by atoms with Crippen molar-refractivity contribution in [3.05, 3.63) is 29.6 Å². The zero-order valence-corrected chi connectivity index (χ0v) is 11.7. The average Bonchev–Trinajstić information content (AvgIpc) is 3.05. The second-order valence-electron chi connectivity index (χ2n) is 5.68. The predicted octanol–water partition coefficient (Wildman–Crippen LogP) is 3.49. The highest BCUT2D eigenvalue weighted by Crippen LogP contribution is 2.47. The van der Waals surface area contributed by atoms with Crippen LogP contribution in [0.2, 0.25) is 0 Å². The maximum Gasteiger partial charge on any atom is 0.111 e. The molecule has 0 amide bonds. The Kier molecular flexibility index (Phi) is 2.99. The Morgan fingerprint density at radius 2 is 2.26 bits per heavy atom. The predicted molar refractivity (Wildman–Crippen MR) is 76.2 cm³/mol. The number of nitrogens with zero attached hydrogens (tertiary/aromatic N) is 3. The topological polar surface area (TPSA) is 41.6 Å². The molecule has 0 bridgehead atoms. The lowest BCUT2D eigenvalue weighted by molar-refractivity contribution is 0.462. The van der Waals surface area contributed by atoms with Gasteiger partial charge in [-0.3, -0.25) is 0 Å². The van der Waals surface area contributed by atoms with Gasteiger partial charge in [0.05, 0.1) is 22.7 Å². The minimum atomic E-state index is 0.400. The van der Waals surface area contributed by atoms with Crippen LogP contribution in [0.4, 0.5) is 0 Å². The maximum atomic E-state index is 9.04. The van der Waals surface area contributed by atoms with E-state index in [9.17, 15) is 0 Å². The van der Waals surface area contributed by atoms with Crippen LogP contribution in [0.1, 0.15) is 31.2 Å². The van der Waals surface area contributed by atoms with Crippen molar-refractivity contribution in [2.24, 2.45) is 5.41 Å². The maximum absolute atomic E-state index is 9.04. The summed E-state index contributed by atoms with van der Waals surface area (Å²) >= 11 is 5.88. The molecule has 1 aliphatic rings. The molecule has 0 saturated heterocycles. The van der Waals surface area contributed by atoms with Gasteiger partial charge in [0.1, 0.15) is 5.82 Å². The number of imidazole rings is 1. The van der Waals surface area contributed by atoms with E-state index in [2.05, 4.69) is 22.5 Å². The van der Waals surface area contributed by atoms with Crippen molar-refractivity contribution in [3.63, 3.8) is 0 Å². The van der Waals surface area contributed by atoms with Crippen molar-refractivity contribution in [1.29, 1.82) is 5.26 Å². The third-order valence-corrected chi connectivity index (χ3v) is 4.11. The molecule has 19 heavy (non-hydrogen) atoms. The van der Waals surface area contributed by atoms with Gasteiger partial charge in [-0.05, 0) is 36.5 Å². The Hall–Kier alpha value is -1.53. The molecule has 0 aliphatic heterocycles. The Balaban J connectivity index is 2.12. The highest BCUT2D eigenvalue weighted by Gasteiger charge is 2.38. The zero-order chi connectivity index (χ0) is 13.5. The summed E-state index contributed by atoms with van der Waals surface area (Å²) in [7, 11) is 0. The number of rotatable bonds is 4. The molecule has 1 aliphatic carbocycles. The van der Waals surface area contributed by atoms with E-state index in [1.54, 1.807) is 0 Å². The van der Waals surface area contributed by atoms with Gasteiger partial charge in [-0.1, -0.05) is 6.92 Å². The van der Waals surface area contributed by atoms with Crippen molar-refractivity contribution in [2.45, 2.75) is 32.7 Å². The first-order chi connectivity index (χ1) is 9.15. The van der Waals surface area contributed by atoms with E-state index >= 15 is 0 Å². The van der Waals surface area contributed by atoms with Crippen molar-refractivity contribution in [2.75, 3.05) is 5.88 Å². The number of aromatic nitrogens is 2. The van der Waals surface area contributed by atoms with Crippen LogP contribution in [-0.4, -0.2) is 15.4 Å². The van der Waals surface area contributed by atoms with E-state index < -0.39 is 0 Å². The van der Waals surface area contributed by atoms with E-state index in [4.69, 9.17) is 16.9 Å². The van der Waals surface area contributed by atoms with E-state index in [1.165, 1.54) is 12.8 Å². The first kappa shape index (κ1) is 12.5. The molecule has 0 radical (unpaired) electrons. The van der Waals surface area contributed by atoms with Crippen LogP contribution in [0, 0.1) is 16.7 Å². The SMILES string of the molecule is CC1(Cn2c(CCCl)nc3ccc(C#N)cc32)CC1. The lowest BCUT2D eigenvalue weighted by Crippen LogP contribution is -2.11. The van der Waals surface area contributed by atoms with Crippen LogP contribution in [0.5, 0.6) is 0 Å². The van der Waals surface area contributed by atoms with Gasteiger partial charge in [-0.2, -0.15) is 5.26 Å². The number of halogens is 1. The quantitative estimate of drug-likeness (QED) is 0.800. The minimum absolute atomic E-state index is 0.400. The Labute approximate surface area is 117 Å². The highest BCUT2D eigenvalue weighted by molar-refractivity contribution is 6.17. The van der Waals surface area contributed by atoms with Crippen molar-refractivity contribution in [1.82, 2.24) is 9.55 Å². The molecule has 0 spiro atoms. The van der Waals surface area contributed by atoms with E-state index in [1.807, 2.05) is 18.2 Å². The minimum Gasteiger partial charge on any atom is -0.327 e. The summed E-state index contributed by atoms with van der Waals surface area (Å²) in [5.41, 5.74) is 3.11. The van der Waals surface area contributed by atoms with E-state index in [-0.39, 0.29) is 0 Å². The lowest BCUT2D eigenvalue weighted by atomic mass is 10.1. The normalized spacial score (nSPS) is 16.5. The molecule has 4 heteroatoms. The molecule has 3 nitrogen and oxygen atoms in total. The number of aryl methyl sites for hydroxylation is 1. The largest absolute Gasteiger partial charge is 0.327 e. The summed E-state index contributed by atoms with van der Waals surface area (Å²) in [6.45, 7) is 3.28. The lowest BCUT2D eigenvalue weighted by Gasteiger charge is -2.13. The molecule has 1 aromatic carbocycles. The molecular formula is C15H16ClN3. The fourth-order valence-electron chi connectivity index (χ4n) is 2.45. The van der Waals surface area contributed by atoms with Gasteiger partial charge >= 0.3 is 0 Å². The second-order valence-corrected chi connectivity index (χ2v) is 6.06. The zero-order valence-electron chi connectivity index (χ0n) is 11.0. The van der Waals surface area contributed by atoms with Crippen molar-refractivity contribution >= 4 is 22.6 Å². The molecule has 3 rings (SSSR count). The van der Waals surface area contributed by atoms with Gasteiger partial charge in [0.15, 0.2) is 0 Å². The molecule has 1 fully saturated rings. The van der Waals surface area contributed by atoms with Gasteiger partial charge in [0.25, 0.3) is 0 Å². The number of hydrogen-bond donors (Lipinski definition) is 0. The Bertz CT molecular complexity index is 662. The molecule has 1 heterocycles. The molecule has 98 valence electrons. The van der Waals surface area contributed by atoms with Crippen molar-refractivity contribution in [3.8, 4) is 6.07 Å². The number of benzene rings is 1. The molecule has 2 aromatic rings. The van der Waals surface area contributed by atoms with Gasteiger partial charge < -0.3 is 4.57 Å². The smallest absolute Gasteiger partial charge is 0.111 e. The van der Waals surface area contributed by atoms with Gasteiger partial charge in [-0.25, -0.2) is 4.98 Å². The third-order valence-electron chi connectivity index (χ3n) is 3.92. The summed E-state index contributed by atoms with van der Waals surface area (Å²) in [4.78, 5) is 4.66.